The zero-order valence-corrected chi connectivity index (χ0v) is 21.0. The Kier molecular flexibility index (Phi) is 8.36. The van der Waals surface area contributed by atoms with Crippen LogP contribution >= 0.6 is 23.2 Å². The average Bonchev–Trinajstić information content (AvgIpc) is 2.79. The quantitative estimate of drug-likeness (QED) is 0.367. The second kappa shape index (κ2) is 11.0. The Morgan fingerprint density at radius 3 is 2.35 bits per heavy atom. The van der Waals surface area contributed by atoms with E-state index in [-0.39, 0.29) is 36.6 Å². The van der Waals surface area contributed by atoms with Crippen LogP contribution in [0.3, 0.4) is 0 Å². The van der Waals surface area contributed by atoms with Crippen LogP contribution in [-0.4, -0.2) is 32.9 Å². The molecule has 1 amide bonds. The highest BCUT2D eigenvalue weighted by molar-refractivity contribution is 7.92. The van der Waals surface area contributed by atoms with E-state index in [4.69, 9.17) is 23.2 Å². The van der Waals surface area contributed by atoms with E-state index in [1.807, 2.05) is 6.07 Å². The molecular weight excluding hydrogens is 495 g/mol. The molecule has 0 fully saturated rings. The smallest absolute Gasteiger partial charge is 0.232 e. The minimum Gasteiger partial charge on any atom is -0.325 e. The number of halogens is 2. The molecule has 34 heavy (non-hydrogen) atoms. The van der Waals surface area contributed by atoms with E-state index >= 15 is 0 Å². The van der Waals surface area contributed by atoms with Gasteiger partial charge in [-0.15, -0.1) is 0 Å². The van der Waals surface area contributed by atoms with Gasteiger partial charge in [0.2, 0.25) is 15.9 Å². The van der Waals surface area contributed by atoms with Crippen molar-refractivity contribution in [1.29, 1.82) is 0 Å². The maximum atomic E-state index is 12.9. The third kappa shape index (κ3) is 6.38. The summed E-state index contributed by atoms with van der Waals surface area (Å²) >= 11 is 12.2. The van der Waals surface area contributed by atoms with Crippen molar-refractivity contribution in [2.45, 2.75) is 19.8 Å². The number of amides is 1. The molecule has 1 N–H and O–H groups in total. The molecule has 0 saturated heterocycles. The summed E-state index contributed by atoms with van der Waals surface area (Å²) in [5, 5.41) is 3.59. The van der Waals surface area contributed by atoms with Gasteiger partial charge < -0.3 is 5.32 Å². The molecule has 0 bridgehead atoms. The second-order valence-corrected chi connectivity index (χ2v) is 10.5. The molecule has 3 aromatic rings. The third-order valence-electron chi connectivity index (χ3n) is 5.21. The molecule has 3 aromatic carbocycles. The molecule has 0 radical (unpaired) electrons. The molecule has 0 atom stereocenters. The fourth-order valence-corrected chi connectivity index (χ4v) is 4.84. The third-order valence-corrected chi connectivity index (χ3v) is 7.03. The number of hydrogen-bond acceptors (Lipinski definition) is 4. The monoisotopic (exact) mass is 518 g/mol. The topological polar surface area (TPSA) is 83.6 Å². The van der Waals surface area contributed by atoms with E-state index < -0.39 is 10.0 Å². The SMILES string of the molecule is Cc1c(Cl)cccc1N(CCCC(=O)Nc1ccc(Cl)cc1C(=O)c1ccccc1)S(C)(=O)=O. The van der Waals surface area contributed by atoms with Crippen molar-refractivity contribution < 1.29 is 18.0 Å². The molecule has 0 aromatic heterocycles. The van der Waals surface area contributed by atoms with Crippen LogP contribution in [0, 0.1) is 6.92 Å². The Morgan fingerprint density at radius 2 is 1.68 bits per heavy atom. The Labute approximate surface area is 209 Å². The summed E-state index contributed by atoms with van der Waals surface area (Å²) in [6, 6.07) is 18.4. The lowest BCUT2D eigenvalue weighted by molar-refractivity contribution is -0.116. The first-order valence-corrected chi connectivity index (χ1v) is 13.1. The minimum atomic E-state index is -3.58. The fraction of sp³-hybridized carbons (Fsp3) is 0.200. The Balaban J connectivity index is 1.71. The molecule has 6 nitrogen and oxygen atoms in total. The van der Waals surface area contributed by atoms with Crippen LogP contribution in [0.5, 0.6) is 0 Å². The first kappa shape index (κ1) is 25.7. The number of carbonyl (C=O) groups is 2. The van der Waals surface area contributed by atoms with Crippen molar-refractivity contribution in [3.63, 3.8) is 0 Å². The highest BCUT2D eigenvalue weighted by Gasteiger charge is 2.21. The zero-order valence-electron chi connectivity index (χ0n) is 18.7. The number of nitrogens with zero attached hydrogens (tertiary/aromatic N) is 1. The van der Waals surface area contributed by atoms with Crippen molar-refractivity contribution >= 4 is 56.3 Å². The Bertz CT molecular complexity index is 1310. The van der Waals surface area contributed by atoms with Crippen LogP contribution in [0.25, 0.3) is 0 Å². The lowest BCUT2D eigenvalue weighted by Gasteiger charge is -2.24. The van der Waals surface area contributed by atoms with Gasteiger partial charge in [0.25, 0.3) is 0 Å². The predicted molar refractivity (Wildman–Crippen MR) is 138 cm³/mol. The number of hydrogen-bond donors (Lipinski definition) is 1. The number of nitrogens with one attached hydrogen (secondary N) is 1. The molecule has 0 heterocycles. The molecular formula is C25H24Cl2N2O4S. The van der Waals surface area contributed by atoms with Crippen LogP contribution in [0.15, 0.2) is 66.7 Å². The maximum absolute atomic E-state index is 12.9. The largest absolute Gasteiger partial charge is 0.325 e. The van der Waals surface area contributed by atoms with Crippen LogP contribution < -0.4 is 9.62 Å². The number of rotatable bonds is 9. The summed E-state index contributed by atoms with van der Waals surface area (Å²) in [6.45, 7) is 1.85. The molecule has 0 aliphatic rings. The number of benzene rings is 3. The highest BCUT2D eigenvalue weighted by Crippen LogP contribution is 2.29. The molecule has 0 aliphatic heterocycles. The first-order valence-electron chi connectivity index (χ1n) is 10.5. The van der Waals surface area contributed by atoms with E-state index in [0.717, 1.165) is 6.26 Å². The first-order chi connectivity index (χ1) is 16.1. The van der Waals surface area contributed by atoms with Crippen molar-refractivity contribution in [2.24, 2.45) is 0 Å². The molecule has 0 aliphatic carbocycles. The number of sulfonamides is 1. The van der Waals surface area contributed by atoms with Crippen LogP contribution in [-0.2, 0) is 14.8 Å². The van der Waals surface area contributed by atoms with Crippen molar-refractivity contribution in [1.82, 2.24) is 0 Å². The van der Waals surface area contributed by atoms with E-state index in [2.05, 4.69) is 5.32 Å². The lowest BCUT2D eigenvalue weighted by atomic mass is 10.0. The number of anilines is 2. The summed E-state index contributed by atoms with van der Waals surface area (Å²) in [7, 11) is -3.58. The van der Waals surface area contributed by atoms with E-state index in [1.165, 1.54) is 10.4 Å². The van der Waals surface area contributed by atoms with Gasteiger partial charge in [-0.2, -0.15) is 0 Å². The van der Waals surface area contributed by atoms with Gasteiger partial charge >= 0.3 is 0 Å². The molecule has 0 spiro atoms. The minimum absolute atomic E-state index is 0.0488. The van der Waals surface area contributed by atoms with E-state index in [1.54, 1.807) is 61.5 Å². The molecule has 9 heteroatoms. The van der Waals surface area contributed by atoms with Gasteiger partial charge in [-0.3, -0.25) is 13.9 Å². The summed E-state index contributed by atoms with van der Waals surface area (Å²) in [5.74, 6) is -0.612. The molecule has 0 saturated carbocycles. The zero-order chi connectivity index (χ0) is 24.9. The predicted octanol–water partition coefficient (Wildman–Crippen LogP) is 5.72. The Morgan fingerprint density at radius 1 is 0.971 bits per heavy atom. The summed E-state index contributed by atoms with van der Waals surface area (Å²) < 4.78 is 26.0. The molecule has 3 rings (SSSR count). The average molecular weight is 519 g/mol. The van der Waals surface area contributed by atoms with Gasteiger partial charge in [-0.05, 0) is 49.2 Å². The number of ketones is 1. The van der Waals surface area contributed by atoms with Crippen LogP contribution in [0.1, 0.15) is 34.3 Å². The van der Waals surface area contributed by atoms with E-state index in [0.29, 0.717) is 32.5 Å². The summed E-state index contributed by atoms with van der Waals surface area (Å²) in [5.41, 5.74) is 2.21. The normalized spacial score (nSPS) is 11.2. The van der Waals surface area contributed by atoms with Gasteiger partial charge in [0, 0.05) is 34.1 Å². The van der Waals surface area contributed by atoms with Crippen molar-refractivity contribution in [2.75, 3.05) is 22.4 Å². The summed E-state index contributed by atoms with van der Waals surface area (Å²) in [6.07, 6.45) is 1.43. The van der Waals surface area contributed by atoms with Crippen molar-refractivity contribution in [3.05, 3.63) is 93.5 Å². The standard InChI is InChI=1S/C25H24Cl2N2O4S/c1-17-21(27)10-6-11-23(17)29(34(2,32)33)15-7-12-24(30)28-22-14-13-19(26)16-20(22)25(31)18-8-4-3-5-9-18/h3-6,8-11,13-14,16H,7,12,15H2,1-2H3,(H,28,30). The summed E-state index contributed by atoms with van der Waals surface area (Å²) in [4.78, 5) is 25.6. The second-order valence-electron chi connectivity index (χ2n) is 7.76. The maximum Gasteiger partial charge on any atom is 0.232 e. The van der Waals surface area contributed by atoms with Crippen LogP contribution in [0.4, 0.5) is 11.4 Å². The van der Waals surface area contributed by atoms with Crippen molar-refractivity contribution in [3.8, 4) is 0 Å². The Hall–Kier alpha value is -2.87. The van der Waals surface area contributed by atoms with Gasteiger partial charge in [-0.1, -0.05) is 59.6 Å². The molecule has 0 unspecified atom stereocenters. The van der Waals surface area contributed by atoms with Gasteiger partial charge in [0.1, 0.15) is 0 Å². The van der Waals surface area contributed by atoms with Crippen LogP contribution in [0.2, 0.25) is 10.0 Å². The highest BCUT2D eigenvalue weighted by atomic mass is 35.5. The van der Waals surface area contributed by atoms with Gasteiger partial charge in [0.15, 0.2) is 5.78 Å². The lowest BCUT2D eigenvalue weighted by Crippen LogP contribution is -2.32. The van der Waals surface area contributed by atoms with Gasteiger partial charge in [0.05, 0.1) is 17.6 Å². The van der Waals surface area contributed by atoms with Gasteiger partial charge in [-0.25, -0.2) is 8.42 Å². The molecule has 178 valence electrons. The number of carbonyl (C=O) groups excluding carboxylic acids is 2. The fourth-order valence-electron chi connectivity index (χ4n) is 3.49. The van der Waals surface area contributed by atoms with E-state index in [9.17, 15) is 18.0 Å².